The molecule has 1 heterocycles. The number of phenols is 1. The number of pyridine rings is 1. The molecule has 0 bridgehead atoms. The highest BCUT2D eigenvalue weighted by Gasteiger charge is 2.51. The van der Waals surface area contributed by atoms with E-state index in [1.165, 1.54) is 0 Å². The van der Waals surface area contributed by atoms with Gasteiger partial charge in [0.05, 0.1) is 17.2 Å². The standard InChI is InChI=1S/C27H27N3O6/c1-30(2)11-14-9-15(17-5-3-4-6-29-17)16-8-12-7-13-10-18(31)22(27(28)36)26(35)20(13)24(33)19(12)25(34)21(16)23(14)32/h3-6,9,12-13,20,32,34-35H,7-8,10-11H2,1-2H3,(H2,28,36). The van der Waals surface area contributed by atoms with Gasteiger partial charge in [0.1, 0.15) is 22.8 Å². The van der Waals surface area contributed by atoms with Gasteiger partial charge in [-0.1, -0.05) is 6.07 Å². The molecule has 3 unspecified atom stereocenters. The molecule has 1 fully saturated rings. The molecule has 1 aromatic carbocycles. The number of benzene rings is 1. The van der Waals surface area contributed by atoms with Crippen LogP contribution in [0, 0.1) is 17.8 Å². The van der Waals surface area contributed by atoms with Crippen LogP contribution in [0.3, 0.4) is 0 Å². The number of aromatic nitrogens is 1. The Morgan fingerprint density at radius 2 is 1.92 bits per heavy atom. The molecule has 3 aliphatic rings. The molecule has 2 aromatic rings. The number of aliphatic hydroxyl groups is 2. The van der Waals surface area contributed by atoms with Crippen molar-refractivity contribution in [2.45, 2.75) is 25.8 Å². The van der Waals surface area contributed by atoms with Gasteiger partial charge in [-0.25, -0.2) is 0 Å². The van der Waals surface area contributed by atoms with E-state index in [-0.39, 0.29) is 29.1 Å². The number of fused-ring (bicyclic) bond motifs is 3. The summed E-state index contributed by atoms with van der Waals surface area (Å²) in [6.45, 7) is 0.386. The van der Waals surface area contributed by atoms with Crippen LogP contribution in [0.2, 0.25) is 0 Å². The van der Waals surface area contributed by atoms with Crippen LogP contribution in [0.4, 0.5) is 0 Å². The fourth-order valence-electron chi connectivity index (χ4n) is 5.98. The second kappa shape index (κ2) is 8.60. The Morgan fingerprint density at radius 1 is 1.17 bits per heavy atom. The molecule has 3 aliphatic carbocycles. The number of ketones is 2. The number of rotatable bonds is 4. The zero-order valence-corrected chi connectivity index (χ0v) is 20.0. The molecule has 186 valence electrons. The van der Waals surface area contributed by atoms with E-state index in [0.717, 1.165) is 5.56 Å². The second-order valence-corrected chi connectivity index (χ2v) is 9.99. The van der Waals surface area contributed by atoms with Crippen molar-refractivity contribution in [3.8, 4) is 17.0 Å². The van der Waals surface area contributed by atoms with Gasteiger partial charge in [-0.2, -0.15) is 0 Å². The number of Topliss-reactive ketones (excluding diaryl/α,β-unsaturated/α-hetero) is 2. The first-order valence-corrected chi connectivity index (χ1v) is 11.8. The molecule has 0 spiro atoms. The van der Waals surface area contributed by atoms with Crippen molar-refractivity contribution in [1.29, 1.82) is 0 Å². The molecule has 1 saturated carbocycles. The number of carbonyl (C=O) groups is 3. The van der Waals surface area contributed by atoms with Gasteiger partial charge < -0.3 is 26.0 Å². The Kier molecular flexibility index (Phi) is 5.67. The Hall–Kier alpha value is -3.98. The van der Waals surface area contributed by atoms with Gasteiger partial charge in [0.25, 0.3) is 5.91 Å². The third kappa shape index (κ3) is 3.58. The van der Waals surface area contributed by atoms with E-state index in [4.69, 9.17) is 5.73 Å². The van der Waals surface area contributed by atoms with Crippen LogP contribution in [-0.2, 0) is 27.3 Å². The first-order valence-electron chi connectivity index (χ1n) is 11.8. The van der Waals surface area contributed by atoms with Crippen molar-refractivity contribution in [1.82, 2.24) is 9.88 Å². The quantitative estimate of drug-likeness (QED) is 0.478. The molecule has 3 atom stereocenters. The molecule has 1 amide bonds. The molecule has 5 rings (SSSR count). The lowest BCUT2D eigenvalue weighted by Crippen LogP contribution is -2.44. The van der Waals surface area contributed by atoms with Crippen molar-refractivity contribution in [3.63, 3.8) is 0 Å². The van der Waals surface area contributed by atoms with Gasteiger partial charge in [-0.15, -0.1) is 0 Å². The summed E-state index contributed by atoms with van der Waals surface area (Å²) in [4.78, 5) is 44.3. The summed E-state index contributed by atoms with van der Waals surface area (Å²) in [5.74, 6) is -5.38. The van der Waals surface area contributed by atoms with Gasteiger partial charge >= 0.3 is 0 Å². The van der Waals surface area contributed by atoms with Crippen molar-refractivity contribution in [2.24, 2.45) is 23.5 Å². The fraction of sp³-hybridized carbons (Fsp3) is 0.333. The number of hydrogen-bond donors (Lipinski definition) is 4. The minimum atomic E-state index is -1.14. The summed E-state index contributed by atoms with van der Waals surface area (Å²) < 4.78 is 0. The van der Waals surface area contributed by atoms with Crippen LogP contribution in [0.1, 0.15) is 29.5 Å². The highest BCUT2D eigenvalue weighted by molar-refractivity contribution is 6.21. The first kappa shape index (κ1) is 23.7. The highest BCUT2D eigenvalue weighted by Crippen LogP contribution is 2.52. The lowest BCUT2D eigenvalue weighted by Gasteiger charge is -2.41. The summed E-state index contributed by atoms with van der Waals surface area (Å²) in [6.07, 6.45) is 2.26. The van der Waals surface area contributed by atoms with Crippen LogP contribution in [-0.4, -0.2) is 56.8 Å². The van der Waals surface area contributed by atoms with E-state index in [9.17, 15) is 29.7 Å². The number of hydrogen-bond acceptors (Lipinski definition) is 8. The van der Waals surface area contributed by atoms with Gasteiger partial charge in [-0.05, 0) is 62.5 Å². The van der Waals surface area contributed by atoms with Gasteiger partial charge in [0.15, 0.2) is 11.6 Å². The first-order chi connectivity index (χ1) is 17.1. The predicted octanol–water partition coefficient (Wildman–Crippen LogP) is 2.43. The van der Waals surface area contributed by atoms with Crippen molar-refractivity contribution < 1.29 is 29.7 Å². The average Bonchev–Trinajstić information content (AvgIpc) is 2.80. The number of amides is 1. The summed E-state index contributed by atoms with van der Waals surface area (Å²) >= 11 is 0. The number of carbonyl (C=O) groups excluding carboxylic acids is 3. The highest BCUT2D eigenvalue weighted by atomic mass is 16.3. The minimum Gasteiger partial charge on any atom is -0.511 e. The van der Waals surface area contributed by atoms with Crippen LogP contribution in [0.5, 0.6) is 5.75 Å². The monoisotopic (exact) mass is 489 g/mol. The topological polar surface area (TPSA) is 154 Å². The molecule has 0 radical (unpaired) electrons. The van der Waals surface area contributed by atoms with E-state index < -0.39 is 46.6 Å². The number of primary amides is 1. The maximum atomic E-state index is 13.7. The number of allylic oxidation sites excluding steroid dienone is 2. The molecule has 0 aliphatic heterocycles. The van der Waals surface area contributed by atoms with Gasteiger partial charge in [0, 0.05) is 35.9 Å². The van der Waals surface area contributed by atoms with E-state index in [1.807, 2.05) is 37.2 Å². The fourth-order valence-corrected chi connectivity index (χ4v) is 5.98. The van der Waals surface area contributed by atoms with Crippen LogP contribution in [0.25, 0.3) is 17.0 Å². The molecule has 36 heavy (non-hydrogen) atoms. The molecule has 9 nitrogen and oxygen atoms in total. The predicted molar refractivity (Wildman–Crippen MR) is 131 cm³/mol. The Balaban J connectivity index is 1.72. The lowest BCUT2D eigenvalue weighted by atomic mass is 9.61. The SMILES string of the molecule is CN(C)Cc1cc(-c2ccccn2)c2c(c1O)C(O)=C1C(=O)C3C(O)=C(C(N)=O)C(=O)CC3CC1C2. The summed E-state index contributed by atoms with van der Waals surface area (Å²) in [5.41, 5.74) is 7.67. The largest absolute Gasteiger partial charge is 0.511 e. The zero-order chi connectivity index (χ0) is 25.9. The Morgan fingerprint density at radius 3 is 2.56 bits per heavy atom. The van der Waals surface area contributed by atoms with Crippen LogP contribution < -0.4 is 5.73 Å². The minimum absolute atomic E-state index is 0.0870. The zero-order valence-electron chi connectivity index (χ0n) is 20.0. The van der Waals surface area contributed by atoms with Gasteiger partial charge in [0.2, 0.25) is 0 Å². The van der Waals surface area contributed by atoms with E-state index >= 15 is 0 Å². The Bertz CT molecular complexity index is 1380. The second-order valence-electron chi connectivity index (χ2n) is 9.99. The van der Waals surface area contributed by atoms with Gasteiger partial charge in [-0.3, -0.25) is 19.4 Å². The lowest BCUT2D eigenvalue weighted by molar-refractivity contribution is -0.127. The summed E-state index contributed by atoms with van der Waals surface area (Å²) in [7, 11) is 3.71. The number of nitrogens with zero attached hydrogens (tertiary/aromatic N) is 2. The van der Waals surface area contributed by atoms with E-state index in [1.54, 1.807) is 12.3 Å². The number of nitrogens with two attached hydrogens (primary N) is 1. The molecule has 5 N–H and O–H groups in total. The van der Waals surface area contributed by atoms with Crippen molar-refractivity contribution in [3.05, 3.63) is 64.1 Å². The molecular weight excluding hydrogens is 462 g/mol. The number of aliphatic hydroxyl groups excluding tert-OH is 2. The van der Waals surface area contributed by atoms with E-state index in [2.05, 4.69) is 4.98 Å². The Labute approximate surface area is 207 Å². The third-order valence-electron chi connectivity index (χ3n) is 7.39. The van der Waals surface area contributed by atoms with Crippen molar-refractivity contribution in [2.75, 3.05) is 14.1 Å². The van der Waals surface area contributed by atoms with Crippen LogP contribution in [0.15, 0.2) is 47.4 Å². The van der Waals surface area contributed by atoms with E-state index in [0.29, 0.717) is 36.2 Å². The third-order valence-corrected chi connectivity index (χ3v) is 7.39. The normalized spacial score (nSPS) is 23.5. The smallest absolute Gasteiger partial charge is 0.255 e. The number of aromatic hydroxyl groups is 1. The maximum absolute atomic E-state index is 13.7. The summed E-state index contributed by atoms with van der Waals surface area (Å²) in [6, 6.07) is 7.36. The van der Waals surface area contributed by atoms with Crippen LogP contribution >= 0.6 is 0 Å². The molecule has 9 heteroatoms. The molecular formula is C27H27N3O6. The molecule has 0 saturated heterocycles. The van der Waals surface area contributed by atoms with Crippen molar-refractivity contribution >= 4 is 23.2 Å². The number of phenolic OH excluding ortho intramolecular Hbond substituents is 1. The molecule has 1 aromatic heterocycles. The maximum Gasteiger partial charge on any atom is 0.255 e. The average molecular weight is 490 g/mol. The summed E-state index contributed by atoms with van der Waals surface area (Å²) in [5, 5.41) is 33.4.